The molecule has 0 aromatic carbocycles. The van der Waals surface area contributed by atoms with E-state index in [0.717, 1.165) is 33.4 Å². The molecule has 82 valence electrons. The topological polar surface area (TPSA) is 25.2 Å². The lowest BCUT2D eigenvalue weighted by molar-refractivity contribution is 0.477. The molecule has 4 heteroatoms. The Bertz CT molecular complexity index is 353. The molecule has 15 heavy (non-hydrogen) atoms. The van der Waals surface area contributed by atoms with Crippen LogP contribution < -0.4 is 5.32 Å². The summed E-state index contributed by atoms with van der Waals surface area (Å²) < 4.78 is 7.48. The van der Waals surface area contributed by atoms with Gasteiger partial charge < -0.3 is 9.73 Å². The van der Waals surface area contributed by atoms with E-state index in [1.54, 1.807) is 0 Å². The van der Waals surface area contributed by atoms with Crippen LogP contribution in [0.4, 0.5) is 0 Å². The first kappa shape index (κ1) is 10.4. The van der Waals surface area contributed by atoms with Crippen LogP contribution in [-0.4, -0.2) is 12.6 Å². The Morgan fingerprint density at radius 3 is 2.80 bits per heavy atom. The molecule has 1 aromatic rings. The monoisotopic (exact) mass is 333 g/mol. The van der Waals surface area contributed by atoms with Crippen LogP contribution in [0.5, 0.6) is 0 Å². The second-order valence-electron chi connectivity index (χ2n) is 4.56. The first-order valence-electron chi connectivity index (χ1n) is 5.42. The Balaban J connectivity index is 1.56. The summed E-state index contributed by atoms with van der Waals surface area (Å²) in [5.74, 6) is 2.55. The van der Waals surface area contributed by atoms with Crippen LogP contribution in [0.25, 0.3) is 0 Å². The standard InChI is InChI=1S/C11H13Br2NO/c12-9-4-10(15-11(9)13)8-3-6(8)5-14-7-1-2-7/h4,6-8,14H,1-3,5H2. The minimum atomic E-state index is 0.638. The van der Waals surface area contributed by atoms with Gasteiger partial charge in [0.05, 0.1) is 4.47 Å². The largest absolute Gasteiger partial charge is 0.453 e. The van der Waals surface area contributed by atoms with E-state index in [2.05, 4.69) is 43.2 Å². The Labute approximate surface area is 106 Å². The van der Waals surface area contributed by atoms with Crippen LogP contribution in [0.15, 0.2) is 19.6 Å². The fourth-order valence-electron chi connectivity index (χ4n) is 1.97. The molecule has 2 nitrogen and oxygen atoms in total. The maximum Gasteiger partial charge on any atom is 0.183 e. The van der Waals surface area contributed by atoms with E-state index < -0.39 is 0 Å². The zero-order valence-corrected chi connectivity index (χ0v) is 11.5. The first-order chi connectivity index (χ1) is 7.24. The molecule has 0 aliphatic heterocycles. The van der Waals surface area contributed by atoms with Crippen LogP contribution in [-0.2, 0) is 0 Å². The Hall–Kier alpha value is 0.200. The third kappa shape index (κ3) is 2.32. The van der Waals surface area contributed by atoms with Crippen molar-refractivity contribution in [3.05, 3.63) is 21.0 Å². The lowest BCUT2D eigenvalue weighted by atomic mass is 10.2. The lowest BCUT2D eigenvalue weighted by Crippen LogP contribution is -2.19. The van der Waals surface area contributed by atoms with Crippen molar-refractivity contribution in [1.29, 1.82) is 0 Å². The summed E-state index contributed by atoms with van der Waals surface area (Å²) in [6, 6.07) is 2.91. The van der Waals surface area contributed by atoms with Crippen molar-refractivity contribution in [1.82, 2.24) is 5.32 Å². The molecule has 2 aliphatic carbocycles. The molecule has 1 N–H and O–H groups in total. The van der Waals surface area contributed by atoms with Crippen LogP contribution in [0.2, 0.25) is 0 Å². The SMILES string of the molecule is Brc1cc(C2CC2CNC2CC2)oc1Br. The number of hydrogen-bond acceptors (Lipinski definition) is 2. The highest BCUT2D eigenvalue weighted by Gasteiger charge is 2.41. The van der Waals surface area contributed by atoms with Gasteiger partial charge in [0.15, 0.2) is 4.67 Å². The highest BCUT2D eigenvalue weighted by atomic mass is 79.9. The van der Waals surface area contributed by atoms with E-state index in [4.69, 9.17) is 4.42 Å². The average molecular weight is 335 g/mol. The Morgan fingerprint density at radius 1 is 1.40 bits per heavy atom. The molecule has 0 saturated heterocycles. The van der Waals surface area contributed by atoms with Crippen molar-refractivity contribution in [3.63, 3.8) is 0 Å². The molecular weight excluding hydrogens is 322 g/mol. The Kier molecular flexibility index (Phi) is 2.69. The maximum atomic E-state index is 5.63. The minimum Gasteiger partial charge on any atom is -0.453 e. The van der Waals surface area contributed by atoms with Gasteiger partial charge in [0.2, 0.25) is 0 Å². The third-order valence-corrected chi connectivity index (χ3v) is 4.91. The summed E-state index contributed by atoms with van der Waals surface area (Å²) in [4.78, 5) is 0. The molecule has 3 rings (SSSR count). The zero-order valence-electron chi connectivity index (χ0n) is 8.30. The van der Waals surface area contributed by atoms with Gasteiger partial charge >= 0.3 is 0 Å². The molecule has 0 amide bonds. The number of hydrogen-bond donors (Lipinski definition) is 1. The minimum absolute atomic E-state index is 0.638. The molecule has 0 bridgehead atoms. The predicted molar refractivity (Wildman–Crippen MR) is 66.0 cm³/mol. The zero-order chi connectivity index (χ0) is 10.4. The van der Waals surface area contributed by atoms with E-state index >= 15 is 0 Å². The molecule has 1 heterocycles. The van der Waals surface area contributed by atoms with Crippen molar-refractivity contribution < 1.29 is 4.42 Å². The quantitative estimate of drug-likeness (QED) is 0.909. The summed E-state index contributed by atoms with van der Waals surface area (Å²) in [6.07, 6.45) is 4.01. The molecule has 2 unspecified atom stereocenters. The van der Waals surface area contributed by atoms with Crippen LogP contribution >= 0.6 is 31.9 Å². The van der Waals surface area contributed by atoms with Gasteiger partial charge in [0.1, 0.15) is 5.76 Å². The highest BCUT2D eigenvalue weighted by Crippen LogP contribution is 2.49. The van der Waals surface area contributed by atoms with Crippen molar-refractivity contribution in [2.75, 3.05) is 6.54 Å². The molecule has 2 aliphatic rings. The summed E-state index contributed by atoms with van der Waals surface area (Å²) in [6.45, 7) is 1.16. The molecule has 2 atom stereocenters. The smallest absolute Gasteiger partial charge is 0.183 e. The summed E-state index contributed by atoms with van der Waals surface area (Å²) in [7, 11) is 0. The van der Waals surface area contributed by atoms with Gasteiger partial charge in [0.25, 0.3) is 0 Å². The molecule has 0 radical (unpaired) electrons. The van der Waals surface area contributed by atoms with Crippen LogP contribution in [0, 0.1) is 5.92 Å². The number of furan rings is 1. The van der Waals surface area contributed by atoms with E-state index in [0.29, 0.717) is 5.92 Å². The van der Waals surface area contributed by atoms with Gasteiger partial charge in [-0.05, 0) is 69.7 Å². The fourth-order valence-corrected chi connectivity index (χ4v) is 2.58. The Morgan fingerprint density at radius 2 is 2.20 bits per heavy atom. The maximum absolute atomic E-state index is 5.63. The van der Waals surface area contributed by atoms with Crippen LogP contribution in [0.3, 0.4) is 0 Å². The van der Waals surface area contributed by atoms with E-state index in [1.165, 1.54) is 19.3 Å². The van der Waals surface area contributed by atoms with E-state index in [1.807, 2.05) is 0 Å². The molecule has 1 aromatic heterocycles. The van der Waals surface area contributed by atoms with Gasteiger partial charge in [-0.15, -0.1) is 0 Å². The number of nitrogens with one attached hydrogen (secondary N) is 1. The molecule has 0 spiro atoms. The fraction of sp³-hybridized carbons (Fsp3) is 0.636. The normalized spacial score (nSPS) is 29.5. The van der Waals surface area contributed by atoms with Crippen molar-refractivity contribution in [2.45, 2.75) is 31.2 Å². The first-order valence-corrected chi connectivity index (χ1v) is 7.01. The molecule has 2 saturated carbocycles. The summed E-state index contributed by atoms with van der Waals surface area (Å²) in [5.41, 5.74) is 0. The second-order valence-corrected chi connectivity index (χ2v) is 6.13. The van der Waals surface area contributed by atoms with Gasteiger partial charge in [-0.2, -0.15) is 0 Å². The van der Waals surface area contributed by atoms with Crippen molar-refractivity contribution >= 4 is 31.9 Å². The van der Waals surface area contributed by atoms with Crippen LogP contribution in [0.1, 0.15) is 30.9 Å². The molecule has 2 fully saturated rings. The average Bonchev–Trinajstić information content (AvgIpc) is 3.10. The summed E-state index contributed by atoms with van der Waals surface area (Å²) in [5, 5.41) is 3.57. The van der Waals surface area contributed by atoms with Gasteiger partial charge in [0, 0.05) is 12.0 Å². The van der Waals surface area contributed by atoms with Crippen molar-refractivity contribution in [2.24, 2.45) is 5.92 Å². The number of halogens is 2. The van der Waals surface area contributed by atoms with Gasteiger partial charge in [-0.1, -0.05) is 0 Å². The predicted octanol–water partition coefficient (Wildman–Crippen LogP) is 3.66. The van der Waals surface area contributed by atoms with Gasteiger partial charge in [-0.25, -0.2) is 0 Å². The molecular formula is C11H13Br2NO. The third-order valence-electron chi connectivity index (χ3n) is 3.20. The van der Waals surface area contributed by atoms with Gasteiger partial charge in [-0.3, -0.25) is 0 Å². The van der Waals surface area contributed by atoms with Crippen molar-refractivity contribution in [3.8, 4) is 0 Å². The van der Waals surface area contributed by atoms with E-state index in [-0.39, 0.29) is 0 Å². The summed E-state index contributed by atoms with van der Waals surface area (Å²) >= 11 is 6.82. The lowest BCUT2D eigenvalue weighted by Gasteiger charge is -1.99. The highest BCUT2D eigenvalue weighted by molar-refractivity contribution is 9.13. The second kappa shape index (κ2) is 3.90. The van der Waals surface area contributed by atoms with E-state index in [9.17, 15) is 0 Å². The number of rotatable bonds is 4.